The van der Waals surface area contributed by atoms with E-state index in [1.807, 2.05) is 12.1 Å². The van der Waals surface area contributed by atoms with Gasteiger partial charge >= 0.3 is 18.1 Å². The molecule has 10 nitrogen and oxygen atoms in total. The lowest BCUT2D eigenvalue weighted by Gasteiger charge is -2.32. The van der Waals surface area contributed by atoms with Gasteiger partial charge in [0, 0.05) is 37.6 Å². The van der Waals surface area contributed by atoms with Crippen LogP contribution in [0.15, 0.2) is 36.8 Å². The number of hydrogen-bond donors (Lipinski definition) is 3. The fourth-order valence-electron chi connectivity index (χ4n) is 4.35. The lowest BCUT2D eigenvalue weighted by atomic mass is 9.85. The van der Waals surface area contributed by atoms with Gasteiger partial charge in [-0.15, -0.1) is 0 Å². The predicted molar refractivity (Wildman–Crippen MR) is 120 cm³/mol. The Kier molecular flexibility index (Phi) is 7.01. The van der Waals surface area contributed by atoms with Gasteiger partial charge in [-0.3, -0.25) is 15.1 Å². The first-order valence-electron chi connectivity index (χ1n) is 11.1. The van der Waals surface area contributed by atoms with E-state index >= 15 is 0 Å². The van der Waals surface area contributed by atoms with Crippen molar-refractivity contribution in [2.24, 2.45) is 5.92 Å². The molecular formula is C23H27N5O5. The largest absolute Gasteiger partial charge is 0.481 e. The highest BCUT2D eigenvalue weighted by Gasteiger charge is 2.28. The first-order valence-corrected chi connectivity index (χ1v) is 11.1. The van der Waals surface area contributed by atoms with E-state index in [1.165, 1.54) is 18.6 Å². The molecule has 0 atom stereocenters. The number of carbonyl (C=O) groups is 3. The molecular weight excluding hydrogens is 426 g/mol. The van der Waals surface area contributed by atoms with Gasteiger partial charge in [-0.25, -0.2) is 14.6 Å². The minimum absolute atomic E-state index is 0.150. The summed E-state index contributed by atoms with van der Waals surface area (Å²) in [4.78, 5) is 45.3. The van der Waals surface area contributed by atoms with Gasteiger partial charge in [0.25, 0.3) is 0 Å². The van der Waals surface area contributed by atoms with Crippen LogP contribution in [0.2, 0.25) is 0 Å². The van der Waals surface area contributed by atoms with Crippen molar-refractivity contribution in [3.63, 3.8) is 0 Å². The Hall–Kier alpha value is -3.69. The molecule has 1 aromatic heterocycles. The summed E-state index contributed by atoms with van der Waals surface area (Å²) in [6, 6.07) is 5.21. The number of carboxylic acid groups (broad SMARTS) is 1. The first kappa shape index (κ1) is 22.5. The molecule has 0 bridgehead atoms. The highest BCUT2D eigenvalue weighted by molar-refractivity contribution is 5.99. The van der Waals surface area contributed by atoms with Gasteiger partial charge in [0.15, 0.2) is 5.82 Å². The van der Waals surface area contributed by atoms with Crippen molar-refractivity contribution < 1.29 is 24.2 Å². The quantitative estimate of drug-likeness (QED) is 0.629. The summed E-state index contributed by atoms with van der Waals surface area (Å²) >= 11 is 0. The van der Waals surface area contributed by atoms with E-state index in [0.717, 1.165) is 24.0 Å². The fraction of sp³-hybridized carbons (Fsp3) is 0.435. The topological polar surface area (TPSA) is 134 Å². The number of amides is 3. The number of benzene rings is 1. The lowest BCUT2D eigenvalue weighted by molar-refractivity contribution is -0.138. The molecule has 0 radical (unpaired) electrons. The van der Waals surface area contributed by atoms with Crippen LogP contribution in [0.4, 0.5) is 21.1 Å². The minimum atomic E-state index is -0.771. The van der Waals surface area contributed by atoms with Gasteiger partial charge in [-0.1, -0.05) is 6.07 Å². The summed E-state index contributed by atoms with van der Waals surface area (Å²) in [6.07, 6.45) is 7.81. The van der Waals surface area contributed by atoms with Crippen LogP contribution in [0.1, 0.15) is 43.2 Å². The maximum Gasteiger partial charge on any atom is 0.410 e. The van der Waals surface area contributed by atoms with Gasteiger partial charge < -0.3 is 20.1 Å². The number of ether oxygens (including phenoxy) is 1. The zero-order valence-corrected chi connectivity index (χ0v) is 18.2. The predicted octanol–water partition coefficient (Wildman–Crippen LogP) is 3.65. The van der Waals surface area contributed by atoms with Crippen molar-refractivity contribution >= 4 is 29.6 Å². The summed E-state index contributed by atoms with van der Waals surface area (Å²) in [5.74, 6) is -0.241. The molecule has 1 aliphatic carbocycles. The van der Waals surface area contributed by atoms with Gasteiger partial charge in [0.2, 0.25) is 0 Å². The van der Waals surface area contributed by atoms with Crippen LogP contribution in [0.5, 0.6) is 0 Å². The third-order valence-corrected chi connectivity index (χ3v) is 6.06. The van der Waals surface area contributed by atoms with Gasteiger partial charge in [0.05, 0.1) is 6.20 Å². The molecule has 33 heavy (non-hydrogen) atoms. The normalized spacial score (nSPS) is 19.8. The third-order valence-electron chi connectivity index (χ3n) is 6.06. The second-order valence-corrected chi connectivity index (χ2v) is 8.45. The molecule has 0 unspecified atom stereocenters. The highest BCUT2D eigenvalue weighted by Crippen LogP contribution is 2.30. The summed E-state index contributed by atoms with van der Waals surface area (Å²) in [7, 11) is 0. The van der Waals surface area contributed by atoms with Crippen LogP contribution in [0, 0.1) is 5.92 Å². The van der Waals surface area contributed by atoms with Crippen molar-refractivity contribution in [2.45, 2.75) is 51.2 Å². The van der Waals surface area contributed by atoms with Crippen LogP contribution in [-0.2, 0) is 22.5 Å². The average molecular weight is 453 g/mol. The Morgan fingerprint density at radius 2 is 1.91 bits per heavy atom. The molecule has 2 heterocycles. The van der Waals surface area contributed by atoms with Crippen LogP contribution in [0.3, 0.4) is 0 Å². The average Bonchev–Trinajstić information content (AvgIpc) is 2.80. The van der Waals surface area contributed by atoms with E-state index in [-0.39, 0.29) is 24.5 Å². The number of anilines is 2. The number of aromatic nitrogens is 2. The zero-order valence-electron chi connectivity index (χ0n) is 18.2. The number of hydrogen-bond acceptors (Lipinski definition) is 6. The third kappa shape index (κ3) is 6.18. The van der Waals surface area contributed by atoms with Gasteiger partial charge in [0.1, 0.15) is 6.10 Å². The Bertz CT molecular complexity index is 1010. The number of carboxylic acids is 1. The molecule has 1 fully saturated rings. The molecule has 0 spiro atoms. The van der Waals surface area contributed by atoms with Crippen molar-refractivity contribution in [3.05, 3.63) is 47.9 Å². The first-order chi connectivity index (χ1) is 16.0. The van der Waals surface area contributed by atoms with E-state index in [9.17, 15) is 14.4 Å². The molecule has 1 aliphatic heterocycles. The Morgan fingerprint density at radius 1 is 1.09 bits per heavy atom. The van der Waals surface area contributed by atoms with E-state index < -0.39 is 12.0 Å². The molecule has 2 aliphatic rings. The molecule has 0 saturated heterocycles. The molecule has 1 saturated carbocycles. The maximum atomic E-state index is 12.7. The number of urea groups is 1. The number of carbonyl (C=O) groups excluding carboxylic acids is 2. The lowest BCUT2D eigenvalue weighted by Crippen LogP contribution is -2.39. The number of nitrogens with zero attached hydrogens (tertiary/aromatic N) is 3. The SMILES string of the molecule is O=C(O)CC1CCC(OC(=O)N2CCc3cc(NC(=O)Nc4cnccn4)ccc3C2)CC1. The monoisotopic (exact) mass is 453 g/mol. The van der Waals surface area contributed by atoms with Gasteiger partial charge in [-0.2, -0.15) is 0 Å². The minimum Gasteiger partial charge on any atom is -0.481 e. The standard InChI is InChI=1S/C23H27N5O5/c29-21(30)11-15-1-5-19(6-2-15)33-23(32)28-10-7-16-12-18(4-3-17(16)14-28)26-22(31)27-20-13-24-8-9-25-20/h3-4,8-9,12-13,15,19H,1-2,5-7,10-11,14H2,(H,29,30)(H2,25,26,27,31). The van der Waals surface area contributed by atoms with Gasteiger partial charge in [-0.05, 0) is 61.3 Å². The molecule has 1 aromatic carbocycles. The van der Waals surface area contributed by atoms with Crippen LogP contribution in [-0.4, -0.2) is 50.7 Å². The molecule has 4 rings (SSSR count). The summed E-state index contributed by atoms with van der Waals surface area (Å²) in [6.45, 7) is 0.990. The summed E-state index contributed by atoms with van der Waals surface area (Å²) in [5, 5.41) is 14.3. The Morgan fingerprint density at radius 3 is 2.64 bits per heavy atom. The second kappa shape index (κ2) is 10.3. The Labute approximate surface area is 191 Å². The smallest absolute Gasteiger partial charge is 0.410 e. The second-order valence-electron chi connectivity index (χ2n) is 8.45. The van der Waals surface area contributed by atoms with E-state index in [0.29, 0.717) is 43.9 Å². The van der Waals surface area contributed by atoms with Crippen LogP contribution < -0.4 is 10.6 Å². The molecule has 10 heteroatoms. The molecule has 174 valence electrons. The van der Waals surface area contributed by atoms with Crippen LogP contribution in [0.25, 0.3) is 0 Å². The van der Waals surface area contributed by atoms with E-state index in [1.54, 1.807) is 11.0 Å². The van der Waals surface area contributed by atoms with E-state index in [2.05, 4.69) is 20.6 Å². The number of aliphatic carboxylic acids is 1. The molecule has 2 aromatic rings. The van der Waals surface area contributed by atoms with Crippen molar-refractivity contribution in [1.29, 1.82) is 0 Å². The summed E-state index contributed by atoms with van der Waals surface area (Å²) < 4.78 is 5.70. The number of rotatable bonds is 5. The summed E-state index contributed by atoms with van der Waals surface area (Å²) in [5.41, 5.74) is 2.75. The Balaban J connectivity index is 1.27. The number of fused-ring (bicyclic) bond motifs is 1. The maximum absolute atomic E-state index is 12.7. The van der Waals surface area contributed by atoms with Crippen molar-refractivity contribution in [1.82, 2.24) is 14.9 Å². The van der Waals surface area contributed by atoms with Crippen molar-refractivity contribution in [2.75, 3.05) is 17.2 Å². The zero-order chi connectivity index (χ0) is 23.2. The molecule has 3 N–H and O–H groups in total. The highest BCUT2D eigenvalue weighted by atomic mass is 16.6. The fourth-order valence-corrected chi connectivity index (χ4v) is 4.35. The van der Waals surface area contributed by atoms with Crippen molar-refractivity contribution in [3.8, 4) is 0 Å². The van der Waals surface area contributed by atoms with Crippen LogP contribution >= 0.6 is 0 Å². The van der Waals surface area contributed by atoms with E-state index in [4.69, 9.17) is 9.84 Å². The number of nitrogens with one attached hydrogen (secondary N) is 2. The molecule has 3 amide bonds.